The number of aliphatic imine (C=N–C) groups is 3. The monoisotopic (exact) mass is 282 g/mol. The number of nitrogens with zero attached hydrogens (tertiary/aromatic N) is 4. The molecule has 108 valence electrons. The van der Waals surface area contributed by atoms with Gasteiger partial charge in [0.2, 0.25) is 5.66 Å². The average Bonchev–Trinajstić information content (AvgIpc) is 2.91. The normalized spacial score (nSPS) is 43.1. The largest absolute Gasteiger partial charge is 0.394 e. The molecule has 0 amide bonds. The SMILES string of the molecule is N=C1N=CN=C2N([C@@H]3O[C@H](CO)[C@@H](O)[C@H]3O)C=NC12N. The second kappa shape index (κ2) is 4.40. The Morgan fingerprint density at radius 1 is 1.45 bits per heavy atom. The fraction of sp³-hybridized carbons (Fsp3) is 0.600. The molecule has 0 saturated carbocycles. The number of amidine groups is 2. The number of rotatable bonds is 2. The van der Waals surface area contributed by atoms with Gasteiger partial charge in [-0.05, 0) is 0 Å². The van der Waals surface area contributed by atoms with Crippen LogP contribution in [-0.4, -0.2) is 81.4 Å². The molecule has 20 heavy (non-hydrogen) atoms. The van der Waals surface area contributed by atoms with Crippen LogP contribution in [-0.2, 0) is 4.74 Å². The molecule has 0 radical (unpaired) electrons. The first-order valence-electron chi connectivity index (χ1n) is 5.94. The summed E-state index contributed by atoms with van der Waals surface area (Å²) in [7, 11) is 0. The standard InChI is InChI=1S/C10H14N6O4/c11-8-10(12)9(14-2-13-8)16(3-15-10)7-6(19)5(18)4(1-17)20-7/h2-7,11,17-19H,1,12H2/t4-,5-,6-,7-,10?/m1/s1. The van der Waals surface area contributed by atoms with E-state index in [1.54, 1.807) is 0 Å². The van der Waals surface area contributed by atoms with Crippen LogP contribution in [0, 0.1) is 5.41 Å². The van der Waals surface area contributed by atoms with Crippen molar-refractivity contribution in [1.29, 1.82) is 5.41 Å². The van der Waals surface area contributed by atoms with Gasteiger partial charge < -0.3 is 20.1 Å². The first kappa shape index (κ1) is 13.3. The van der Waals surface area contributed by atoms with Gasteiger partial charge in [0.05, 0.1) is 12.9 Å². The van der Waals surface area contributed by atoms with Crippen LogP contribution in [0.3, 0.4) is 0 Å². The second-order valence-corrected chi connectivity index (χ2v) is 4.69. The fourth-order valence-electron chi connectivity index (χ4n) is 2.33. The van der Waals surface area contributed by atoms with E-state index >= 15 is 0 Å². The van der Waals surface area contributed by atoms with E-state index in [0.29, 0.717) is 0 Å². The van der Waals surface area contributed by atoms with Crippen LogP contribution in [0.2, 0.25) is 0 Å². The molecule has 0 bridgehead atoms. The van der Waals surface area contributed by atoms with Gasteiger partial charge in [-0.2, -0.15) is 0 Å². The maximum absolute atomic E-state index is 9.99. The third-order valence-corrected chi connectivity index (χ3v) is 3.49. The number of nitrogens with two attached hydrogens (primary N) is 1. The highest BCUT2D eigenvalue weighted by Crippen LogP contribution is 2.29. The Balaban J connectivity index is 1.90. The van der Waals surface area contributed by atoms with Crippen molar-refractivity contribution in [2.75, 3.05) is 6.61 Å². The van der Waals surface area contributed by atoms with Crippen LogP contribution in [0.1, 0.15) is 0 Å². The van der Waals surface area contributed by atoms with Gasteiger partial charge in [0, 0.05) is 0 Å². The Morgan fingerprint density at radius 2 is 2.20 bits per heavy atom. The Kier molecular flexibility index (Phi) is 2.92. The van der Waals surface area contributed by atoms with Crippen molar-refractivity contribution >= 4 is 24.3 Å². The summed E-state index contributed by atoms with van der Waals surface area (Å²) in [4.78, 5) is 13.0. The van der Waals surface area contributed by atoms with Gasteiger partial charge in [-0.15, -0.1) is 0 Å². The molecular weight excluding hydrogens is 268 g/mol. The lowest BCUT2D eigenvalue weighted by Crippen LogP contribution is -2.58. The predicted octanol–water partition coefficient (Wildman–Crippen LogP) is -3.16. The molecule has 1 saturated heterocycles. The highest BCUT2D eigenvalue weighted by atomic mass is 16.6. The summed E-state index contributed by atoms with van der Waals surface area (Å²) in [6.45, 7) is -0.433. The second-order valence-electron chi connectivity index (χ2n) is 4.69. The van der Waals surface area contributed by atoms with Gasteiger partial charge in [-0.3, -0.25) is 16.0 Å². The predicted molar refractivity (Wildman–Crippen MR) is 68.7 cm³/mol. The highest BCUT2D eigenvalue weighted by molar-refractivity contribution is 6.23. The minimum absolute atomic E-state index is 0.173. The van der Waals surface area contributed by atoms with Gasteiger partial charge in [0.15, 0.2) is 17.9 Å². The topological polar surface area (TPSA) is 160 Å². The van der Waals surface area contributed by atoms with E-state index < -0.39 is 36.8 Å². The van der Waals surface area contributed by atoms with Crippen molar-refractivity contribution in [3.05, 3.63) is 0 Å². The van der Waals surface area contributed by atoms with Gasteiger partial charge in [0.25, 0.3) is 0 Å². The molecule has 3 rings (SSSR count). The molecule has 3 aliphatic heterocycles. The molecule has 0 spiro atoms. The van der Waals surface area contributed by atoms with E-state index in [0.717, 1.165) is 6.34 Å². The van der Waals surface area contributed by atoms with Crippen LogP contribution < -0.4 is 5.73 Å². The molecule has 0 aromatic heterocycles. The van der Waals surface area contributed by atoms with Crippen molar-refractivity contribution < 1.29 is 20.1 Å². The molecule has 5 atom stereocenters. The lowest BCUT2D eigenvalue weighted by Gasteiger charge is -2.30. The molecule has 1 unspecified atom stereocenters. The fourth-order valence-corrected chi connectivity index (χ4v) is 2.33. The molecule has 10 nitrogen and oxygen atoms in total. The van der Waals surface area contributed by atoms with E-state index in [9.17, 15) is 10.2 Å². The molecule has 6 N–H and O–H groups in total. The van der Waals surface area contributed by atoms with Crippen molar-refractivity contribution in [2.45, 2.75) is 30.2 Å². The molecular formula is C10H14N6O4. The Hall–Kier alpha value is -1.72. The van der Waals surface area contributed by atoms with Crippen molar-refractivity contribution in [2.24, 2.45) is 20.7 Å². The van der Waals surface area contributed by atoms with E-state index in [2.05, 4.69) is 15.0 Å². The zero-order chi connectivity index (χ0) is 14.5. The third kappa shape index (κ3) is 1.63. The maximum atomic E-state index is 9.99. The van der Waals surface area contributed by atoms with Gasteiger partial charge in [-0.1, -0.05) is 0 Å². The van der Waals surface area contributed by atoms with E-state index in [1.165, 1.54) is 11.2 Å². The number of fused-ring (bicyclic) bond motifs is 1. The molecule has 1 fully saturated rings. The van der Waals surface area contributed by atoms with Crippen LogP contribution in [0.15, 0.2) is 15.0 Å². The van der Waals surface area contributed by atoms with Crippen LogP contribution >= 0.6 is 0 Å². The highest BCUT2D eigenvalue weighted by Gasteiger charge is 2.52. The number of hydrogen-bond donors (Lipinski definition) is 5. The smallest absolute Gasteiger partial charge is 0.228 e. The molecule has 10 heteroatoms. The van der Waals surface area contributed by atoms with Crippen molar-refractivity contribution in [1.82, 2.24) is 4.90 Å². The molecule has 0 aromatic carbocycles. The molecule has 3 aliphatic rings. The zero-order valence-corrected chi connectivity index (χ0v) is 10.3. The van der Waals surface area contributed by atoms with E-state index in [4.69, 9.17) is 21.0 Å². The first-order valence-corrected chi connectivity index (χ1v) is 5.94. The van der Waals surface area contributed by atoms with Crippen LogP contribution in [0.5, 0.6) is 0 Å². The van der Waals surface area contributed by atoms with Crippen LogP contribution in [0.25, 0.3) is 0 Å². The van der Waals surface area contributed by atoms with E-state index in [-0.39, 0.29) is 11.7 Å². The molecule has 3 heterocycles. The first-order chi connectivity index (χ1) is 9.49. The lowest BCUT2D eigenvalue weighted by molar-refractivity contribution is -0.0511. The van der Waals surface area contributed by atoms with Crippen molar-refractivity contribution in [3.8, 4) is 0 Å². The zero-order valence-electron chi connectivity index (χ0n) is 10.3. The molecule has 0 aliphatic carbocycles. The maximum Gasteiger partial charge on any atom is 0.228 e. The Labute approximate surface area is 113 Å². The number of ether oxygens (including phenoxy) is 1. The minimum atomic E-state index is -1.51. The molecule has 0 aromatic rings. The summed E-state index contributed by atoms with van der Waals surface area (Å²) >= 11 is 0. The van der Waals surface area contributed by atoms with Gasteiger partial charge >= 0.3 is 0 Å². The lowest BCUT2D eigenvalue weighted by atomic mass is 10.1. The summed E-state index contributed by atoms with van der Waals surface area (Å²) in [5.41, 5.74) is 4.44. The number of nitrogens with one attached hydrogen (secondary N) is 1. The summed E-state index contributed by atoms with van der Waals surface area (Å²) in [5.74, 6) is -0.0136. The number of hydrogen-bond acceptors (Lipinski definition) is 9. The Bertz CT molecular complexity index is 534. The van der Waals surface area contributed by atoms with Crippen molar-refractivity contribution in [3.63, 3.8) is 0 Å². The minimum Gasteiger partial charge on any atom is -0.394 e. The quantitative estimate of drug-likeness (QED) is 0.359. The number of aliphatic hydroxyl groups excluding tert-OH is 3. The van der Waals surface area contributed by atoms with Crippen LogP contribution in [0.4, 0.5) is 0 Å². The number of aliphatic hydroxyl groups is 3. The van der Waals surface area contributed by atoms with Gasteiger partial charge in [-0.25, -0.2) is 15.0 Å². The summed E-state index contributed by atoms with van der Waals surface area (Å²) in [6, 6.07) is 0. The summed E-state index contributed by atoms with van der Waals surface area (Å²) < 4.78 is 5.38. The summed E-state index contributed by atoms with van der Waals surface area (Å²) in [5, 5.41) is 36.5. The van der Waals surface area contributed by atoms with Gasteiger partial charge in [0.1, 0.15) is 24.7 Å². The third-order valence-electron chi connectivity index (χ3n) is 3.49. The Morgan fingerprint density at radius 3 is 2.85 bits per heavy atom. The summed E-state index contributed by atoms with van der Waals surface area (Å²) in [6.07, 6.45) is -1.96. The average molecular weight is 282 g/mol. The van der Waals surface area contributed by atoms with E-state index in [1.807, 2.05) is 0 Å².